The van der Waals surface area contributed by atoms with Gasteiger partial charge in [0.2, 0.25) is 5.91 Å². The van der Waals surface area contributed by atoms with Crippen LogP contribution in [0.4, 0.5) is 0 Å². The van der Waals surface area contributed by atoms with E-state index in [1.807, 2.05) is 24.3 Å². The molecule has 0 aliphatic carbocycles. The summed E-state index contributed by atoms with van der Waals surface area (Å²) < 4.78 is 10.8. The van der Waals surface area contributed by atoms with E-state index >= 15 is 0 Å². The molecule has 1 heterocycles. The van der Waals surface area contributed by atoms with E-state index in [9.17, 15) is 4.79 Å². The van der Waals surface area contributed by atoms with Crippen LogP contribution in [0.1, 0.15) is 19.3 Å². The highest BCUT2D eigenvalue weighted by Crippen LogP contribution is 2.18. The molecule has 1 aliphatic rings. The summed E-state index contributed by atoms with van der Waals surface area (Å²) in [5.41, 5.74) is 0. The Kier molecular flexibility index (Phi) is 6.34. The van der Waals surface area contributed by atoms with Crippen molar-refractivity contribution in [2.75, 3.05) is 33.4 Å². The Morgan fingerprint density at radius 3 is 3.05 bits per heavy atom. The predicted molar refractivity (Wildman–Crippen MR) is 81.7 cm³/mol. The summed E-state index contributed by atoms with van der Waals surface area (Å²) in [6.07, 6.45) is 2.86. The quantitative estimate of drug-likeness (QED) is 0.749. The van der Waals surface area contributed by atoms with Crippen molar-refractivity contribution in [3.8, 4) is 11.5 Å². The van der Waals surface area contributed by atoms with Crippen LogP contribution < -0.4 is 20.1 Å². The number of hydrogen-bond acceptors (Lipinski definition) is 4. The number of carbonyl (C=O) groups is 1. The van der Waals surface area contributed by atoms with Crippen LogP contribution in [0.2, 0.25) is 0 Å². The number of hydrogen-bond donors (Lipinski definition) is 2. The molecule has 2 N–H and O–H groups in total. The Bertz CT molecular complexity index is 445. The molecular weight excluding hydrogens is 268 g/mol. The molecule has 0 radical (unpaired) electrons. The Hall–Kier alpha value is -1.75. The van der Waals surface area contributed by atoms with Gasteiger partial charge in [0.15, 0.2) is 0 Å². The summed E-state index contributed by atoms with van der Waals surface area (Å²) in [7, 11) is 1.63. The molecule has 0 saturated carbocycles. The summed E-state index contributed by atoms with van der Waals surface area (Å²) in [5.74, 6) is 1.85. The maximum atomic E-state index is 11.9. The Morgan fingerprint density at radius 2 is 2.29 bits per heavy atom. The highest BCUT2D eigenvalue weighted by molar-refractivity contribution is 5.78. The first-order valence-electron chi connectivity index (χ1n) is 7.55. The average molecular weight is 292 g/mol. The lowest BCUT2D eigenvalue weighted by Gasteiger charge is -2.21. The molecule has 1 amide bonds. The van der Waals surface area contributed by atoms with Crippen LogP contribution in [-0.4, -0.2) is 39.3 Å². The van der Waals surface area contributed by atoms with Gasteiger partial charge < -0.3 is 20.1 Å². The number of rotatable bonds is 7. The van der Waals surface area contributed by atoms with Crippen molar-refractivity contribution < 1.29 is 14.3 Å². The molecule has 0 bridgehead atoms. The molecule has 1 aromatic rings. The van der Waals surface area contributed by atoms with Gasteiger partial charge in [-0.2, -0.15) is 0 Å². The van der Waals surface area contributed by atoms with Crippen LogP contribution in [0.15, 0.2) is 24.3 Å². The normalized spacial score (nSPS) is 18.0. The molecular formula is C16H24N2O3. The summed E-state index contributed by atoms with van der Waals surface area (Å²) in [4.78, 5) is 11.9. The topological polar surface area (TPSA) is 59.6 Å². The molecule has 5 heteroatoms. The van der Waals surface area contributed by atoms with Crippen molar-refractivity contribution in [2.45, 2.75) is 19.3 Å². The van der Waals surface area contributed by atoms with Crippen molar-refractivity contribution in [3.63, 3.8) is 0 Å². The highest BCUT2D eigenvalue weighted by atomic mass is 16.5. The second kappa shape index (κ2) is 8.52. The number of nitrogens with one attached hydrogen (secondary N) is 2. The molecule has 0 aromatic heterocycles. The van der Waals surface area contributed by atoms with Gasteiger partial charge in [-0.05, 0) is 37.9 Å². The third-order valence-electron chi connectivity index (χ3n) is 3.60. The number of piperidine rings is 1. The second-order valence-electron chi connectivity index (χ2n) is 5.22. The van der Waals surface area contributed by atoms with Crippen molar-refractivity contribution in [1.29, 1.82) is 0 Å². The summed E-state index contributed by atoms with van der Waals surface area (Å²) >= 11 is 0. The lowest BCUT2D eigenvalue weighted by atomic mass is 9.99. The Morgan fingerprint density at radius 1 is 1.43 bits per heavy atom. The van der Waals surface area contributed by atoms with Crippen LogP contribution >= 0.6 is 0 Å². The molecule has 21 heavy (non-hydrogen) atoms. The van der Waals surface area contributed by atoms with Gasteiger partial charge in [-0.3, -0.25) is 4.79 Å². The van der Waals surface area contributed by atoms with Crippen molar-refractivity contribution in [1.82, 2.24) is 10.6 Å². The third kappa shape index (κ3) is 5.27. The van der Waals surface area contributed by atoms with E-state index in [1.165, 1.54) is 0 Å². The van der Waals surface area contributed by atoms with Crippen LogP contribution in [0, 0.1) is 5.92 Å². The molecule has 1 aromatic carbocycles. The van der Waals surface area contributed by atoms with E-state index in [4.69, 9.17) is 9.47 Å². The fraction of sp³-hybridized carbons (Fsp3) is 0.562. The fourth-order valence-electron chi connectivity index (χ4n) is 2.38. The lowest BCUT2D eigenvalue weighted by Crippen LogP contribution is -2.40. The highest BCUT2D eigenvalue weighted by Gasteiger charge is 2.19. The summed E-state index contributed by atoms with van der Waals surface area (Å²) in [5, 5.41) is 6.23. The third-order valence-corrected chi connectivity index (χ3v) is 3.60. The minimum absolute atomic E-state index is 0.123. The first kappa shape index (κ1) is 15.6. The molecule has 1 fully saturated rings. The van der Waals surface area contributed by atoms with Gasteiger partial charge in [-0.1, -0.05) is 6.07 Å². The largest absolute Gasteiger partial charge is 0.497 e. The molecule has 2 rings (SSSR count). The van der Waals surface area contributed by atoms with Crippen molar-refractivity contribution in [3.05, 3.63) is 24.3 Å². The van der Waals surface area contributed by atoms with Crippen LogP contribution in [0.3, 0.4) is 0 Å². The van der Waals surface area contributed by atoms with Gasteiger partial charge in [-0.25, -0.2) is 0 Å². The molecule has 116 valence electrons. The van der Waals surface area contributed by atoms with Crippen molar-refractivity contribution in [2.24, 2.45) is 5.92 Å². The summed E-state index contributed by atoms with van der Waals surface area (Å²) in [6.45, 7) is 3.06. The minimum atomic E-state index is 0.123. The first-order valence-corrected chi connectivity index (χ1v) is 7.55. The molecule has 1 unspecified atom stereocenters. The standard InChI is InChI=1S/C16H24N2O3/c1-20-14-6-2-7-15(11-14)21-10-4-9-18-16(19)13-5-3-8-17-12-13/h2,6-7,11,13,17H,3-5,8-10,12H2,1H3,(H,18,19). The Labute approximate surface area is 126 Å². The van der Waals surface area contributed by atoms with Gasteiger partial charge in [0, 0.05) is 19.2 Å². The van der Waals surface area contributed by atoms with E-state index in [2.05, 4.69) is 10.6 Å². The van der Waals surface area contributed by atoms with Gasteiger partial charge >= 0.3 is 0 Å². The van der Waals surface area contributed by atoms with Gasteiger partial charge in [0.25, 0.3) is 0 Å². The average Bonchev–Trinajstić information content (AvgIpc) is 2.55. The molecule has 0 spiro atoms. The monoisotopic (exact) mass is 292 g/mol. The first-order chi connectivity index (χ1) is 10.3. The van der Waals surface area contributed by atoms with Gasteiger partial charge in [0.05, 0.1) is 19.6 Å². The van der Waals surface area contributed by atoms with Gasteiger partial charge in [-0.15, -0.1) is 0 Å². The zero-order valence-electron chi connectivity index (χ0n) is 12.6. The molecule has 1 aliphatic heterocycles. The number of ether oxygens (including phenoxy) is 2. The SMILES string of the molecule is COc1cccc(OCCCNC(=O)C2CCCNC2)c1. The number of carbonyl (C=O) groups excluding carboxylic acids is 1. The van der Waals surface area contributed by atoms with E-state index in [0.29, 0.717) is 13.2 Å². The maximum Gasteiger partial charge on any atom is 0.224 e. The van der Waals surface area contributed by atoms with Crippen molar-refractivity contribution >= 4 is 5.91 Å². The second-order valence-corrected chi connectivity index (χ2v) is 5.22. The zero-order chi connectivity index (χ0) is 14.9. The molecule has 1 atom stereocenters. The Balaban J connectivity index is 1.60. The zero-order valence-corrected chi connectivity index (χ0v) is 12.6. The fourth-order valence-corrected chi connectivity index (χ4v) is 2.38. The smallest absolute Gasteiger partial charge is 0.224 e. The van der Waals surface area contributed by atoms with E-state index in [-0.39, 0.29) is 11.8 Å². The van der Waals surface area contributed by atoms with E-state index in [1.54, 1.807) is 7.11 Å². The van der Waals surface area contributed by atoms with Crippen LogP contribution in [0.25, 0.3) is 0 Å². The summed E-state index contributed by atoms with van der Waals surface area (Å²) in [6, 6.07) is 7.53. The number of benzene rings is 1. The van der Waals surface area contributed by atoms with Crippen LogP contribution in [0.5, 0.6) is 11.5 Å². The number of amides is 1. The molecule has 1 saturated heterocycles. The van der Waals surface area contributed by atoms with E-state index in [0.717, 1.165) is 43.9 Å². The van der Waals surface area contributed by atoms with Gasteiger partial charge in [0.1, 0.15) is 11.5 Å². The number of methoxy groups -OCH3 is 1. The van der Waals surface area contributed by atoms with Crippen LogP contribution in [-0.2, 0) is 4.79 Å². The minimum Gasteiger partial charge on any atom is -0.497 e. The predicted octanol–water partition coefficient (Wildman–Crippen LogP) is 1.58. The molecule has 5 nitrogen and oxygen atoms in total. The lowest BCUT2D eigenvalue weighted by molar-refractivity contribution is -0.125. The maximum absolute atomic E-state index is 11.9. The van der Waals surface area contributed by atoms with E-state index < -0.39 is 0 Å².